The molecule has 0 aliphatic carbocycles. The summed E-state index contributed by atoms with van der Waals surface area (Å²) >= 11 is 1.62. The second-order valence-electron chi connectivity index (χ2n) is 6.58. The molecule has 1 unspecified atom stereocenters. The van der Waals surface area contributed by atoms with Crippen LogP contribution in [0.1, 0.15) is 29.8 Å². The molecule has 0 fully saturated rings. The van der Waals surface area contributed by atoms with Gasteiger partial charge in [0.1, 0.15) is 5.75 Å². The van der Waals surface area contributed by atoms with Crippen LogP contribution in [0.5, 0.6) is 5.75 Å². The molecule has 2 aliphatic heterocycles. The zero-order chi connectivity index (χ0) is 18.8. The highest BCUT2D eigenvalue weighted by Crippen LogP contribution is 2.34. The van der Waals surface area contributed by atoms with E-state index in [1.807, 2.05) is 41.8 Å². The topological polar surface area (TPSA) is 70.7 Å². The van der Waals surface area contributed by atoms with Crippen molar-refractivity contribution in [2.45, 2.75) is 25.9 Å². The van der Waals surface area contributed by atoms with Crippen LogP contribution in [0.3, 0.4) is 0 Å². The molecule has 6 nitrogen and oxygen atoms in total. The fraction of sp³-hybridized carbons (Fsp3) is 0.300. The molecule has 7 heteroatoms. The molecule has 3 amide bonds. The van der Waals surface area contributed by atoms with Crippen molar-refractivity contribution >= 4 is 23.3 Å². The highest BCUT2D eigenvalue weighted by molar-refractivity contribution is 7.09. The number of benzene rings is 1. The maximum Gasteiger partial charge on any atom is 0.319 e. The third-order valence-corrected chi connectivity index (χ3v) is 5.49. The zero-order valence-corrected chi connectivity index (χ0v) is 15.8. The lowest BCUT2D eigenvalue weighted by atomic mass is 9.96. The molecular formula is C20H21N3O3S. The molecule has 3 heterocycles. The Kier molecular flexibility index (Phi) is 4.85. The van der Waals surface area contributed by atoms with E-state index in [1.165, 1.54) is 0 Å². The molecule has 0 saturated heterocycles. The van der Waals surface area contributed by atoms with Crippen molar-refractivity contribution in [3.05, 3.63) is 63.5 Å². The van der Waals surface area contributed by atoms with E-state index in [4.69, 9.17) is 4.74 Å². The summed E-state index contributed by atoms with van der Waals surface area (Å²) in [4.78, 5) is 28.0. The van der Waals surface area contributed by atoms with Crippen LogP contribution in [-0.2, 0) is 11.3 Å². The zero-order valence-electron chi connectivity index (χ0n) is 15.0. The minimum Gasteiger partial charge on any atom is -0.494 e. The maximum absolute atomic E-state index is 13.0. The van der Waals surface area contributed by atoms with Gasteiger partial charge in [-0.3, -0.25) is 4.79 Å². The summed E-state index contributed by atoms with van der Waals surface area (Å²) in [7, 11) is 0. The van der Waals surface area contributed by atoms with Crippen LogP contribution in [-0.4, -0.2) is 30.0 Å². The number of nitrogens with one attached hydrogen (secondary N) is 2. The van der Waals surface area contributed by atoms with Crippen molar-refractivity contribution in [1.29, 1.82) is 0 Å². The van der Waals surface area contributed by atoms with Crippen LogP contribution in [0.2, 0.25) is 0 Å². The lowest BCUT2D eigenvalue weighted by molar-refractivity contribution is -0.126. The number of carbonyl (C=O) groups excluding carboxylic acids is 2. The van der Waals surface area contributed by atoms with Gasteiger partial charge < -0.3 is 20.3 Å². The monoisotopic (exact) mass is 383 g/mol. The van der Waals surface area contributed by atoms with Crippen LogP contribution in [0.25, 0.3) is 0 Å². The second-order valence-corrected chi connectivity index (χ2v) is 7.61. The van der Waals surface area contributed by atoms with E-state index in [0.717, 1.165) is 22.6 Å². The van der Waals surface area contributed by atoms with E-state index in [9.17, 15) is 9.59 Å². The normalized spacial score (nSPS) is 19.0. The van der Waals surface area contributed by atoms with Gasteiger partial charge in [-0.1, -0.05) is 25.1 Å². The molecule has 0 bridgehead atoms. The Morgan fingerprint density at radius 1 is 1.22 bits per heavy atom. The van der Waals surface area contributed by atoms with Gasteiger partial charge in [0.2, 0.25) is 0 Å². The Morgan fingerprint density at radius 2 is 2.04 bits per heavy atom. The van der Waals surface area contributed by atoms with Crippen molar-refractivity contribution in [1.82, 2.24) is 15.5 Å². The van der Waals surface area contributed by atoms with E-state index < -0.39 is 6.04 Å². The number of hydrogen-bond acceptors (Lipinski definition) is 4. The number of nitrogens with zero attached hydrogens (tertiary/aromatic N) is 1. The van der Waals surface area contributed by atoms with Gasteiger partial charge in [0.05, 0.1) is 37.0 Å². The van der Waals surface area contributed by atoms with E-state index in [-0.39, 0.29) is 11.9 Å². The lowest BCUT2D eigenvalue weighted by Gasteiger charge is -2.25. The van der Waals surface area contributed by atoms with Gasteiger partial charge in [-0.2, -0.15) is 0 Å². The van der Waals surface area contributed by atoms with Crippen molar-refractivity contribution in [2.75, 3.05) is 13.2 Å². The molecule has 2 N–H and O–H groups in total. The van der Waals surface area contributed by atoms with Crippen molar-refractivity contribution < 1.29 is 14.3 Å². The third kappa shape index (κ3) is 3.55. The average Bonchev–Trinajstić information content (AvgIpc) is 3.28. The van der Waals surface area contributed by atoms with Gasteiger partial charge in [-0.05, 0) is 35.6 Å². The van der Waals surface area contributed by atoms with Crippen LogP contribution in [0.4, 0.5) is 4.79 Å². The van der Waals surface area contributed by atoms with E-state index in [2.05, 4.69) is 17.6 Å². The summed E-state index contributed by atoms with van der Waals surface area (Å²) in [5.41, 5.74) is 2.18. The average molecular weight is 383 g/mol. The minimum atomic E-state index is -0.449. The highest BCUT2D eigenvalue weighted by Gasteiger charge is 2.40. The third-order valence-electron chi connectivity index (χ3n) is 4.63. The molecule has 2 aromatic rings. The first-order valence-electron chi connectivity index (χ1n) is 9.00. The van der Waals surface area contributed by atoms with Crippen LogP contribution < -0.4 is 15.4 Å². The quantitative estimate of drug-likeness (QED) is 0.805. The molecule has 1 atom stereocenters. The summed E-state index contributed by atoms with van der Waals surface area (Å²) in [6.07, 6.45) is 0.941. The first kappa shape index (κ1) is 17.6. The first-order chi connectivity index (χ1) is 13.2. The Balaban J connectivity index is 1.56. The summed E-state index contributed by atoms with van der Waals surface area (Å²) in [6, 6.07) is 10.8. The first-order valence-corrected chi connectivity index (χ1v) is 9.88. The van der Waals surface area contributed by atoms with Gasteiger partial charge in [0.25, 0.3) is 5.91 Å². The molecule has 1 aromatic heterocycles. The highest BCUT2D eigenvalue weighted by atomic mass is 32.1. The Labute approximate surface area is 161 Å². The largest absolute Gasteiger partial charge is 0.494 e. The Bertz CT molecular complexity index is 874. The molecule has 27 heavy (non-hydrogen) atoms. The van der Waals surface area contributed by atoms with Crippen LogP contribution in [0.15, 0.2) is 53.0 Å². The van der Waals surface area contributed by atoms with Crippen molar-refractivity contribution in [3.63, 3.8) is 0 Å². The van der Waals surface area contributed by atoms with Crippen LogP contribution in [0, 0.1) is 0 Å². The molecule has 1 aromatic carbocycles. The van der Waals surface area contributed by atoms with E-state index in [0.29, 0.717) is 31.0 Å². The summed E-state index contributed by atoms with van der Waals surface area (Å²) in [5, 5.41) is 7.68. The Morgan fingerprint density at radius 3 is 2.74 bits per heavy atom. The van der Waals surface area contributed by atoms with Gasteiger partial charge in [-0.15, -0.1) is 11.3 Å². The van der Waals surface area contributed by atoms with Gasteiger partial charge in [0.15, 0.2) is 0 Å². The molecule has 4 rings (SSSR count). The van der Waals surface area contributed by atoms with E-state index in [1.54, 1.807) is 16.2 Å². The summed E-state index contributed by atoms with van der Waals surface area (Å²) < 4.78 is 5.62. The Hall–Kier alpha value is -2.80. The smallest absolute Gasteiger partial charge is 0.319 e. The van der Waals surface area contributed by atoms with Gasteiger partial charge in [-0.25, -0.2) is 4.79 Å². The summed E-state index contributed by atoms with van der Waals surface area (Å²) in [5.74, 6) is 0.745. The predicted octanol–water partition coefficient (Wildman–Crippen LogP) is 3.19. The maximum atomic E-state index is 13.0. The summed E-state index contributed by atoms with van der Waals surface area (Å²) in [6.45, 7) is 3.69. The SMILES string of the molecule is CCCOc1ccc(C2NC(=O)NC3=C2C(=O)N(Cc2cccs2)C3)cc1. The van der Waals surface area contributed by atoms with Gasteiger partial charge in [0, 0.05) is 4.88 Å². The number of amides is 3. The van der Waals surface area contributed by atoms with Crippen molar-refractivity contribution in [3.8, 4) is 5.75 Å². The molecule has 140 valence electrons. The number of urea groups is 1. The second kappa shape index (κ2) is 7.44. The minimum absolute atomic E-state index is 0.0396. The molecule has 0 radical (unpaired) electrons. The predicted molar refractivity (Wildman–Crippen MR) is 103 cm³/mol. The lowest BCUT2D eigenvalue weighted by Crippen LogP contribution is -2.44. The molecule has 0 saturated carbocycles. The molecule has 2 aliphatic rings. The number of carbonyl (C=O) groups is 2. The molecule has 0 spiro atoms. The fourth-order valence-electron chi connectivity index (χ4n) is 3.37. The fourth-order valence-corrected chi connectivity index (χ4v) is 4.09. The number of hydrogen-bond donors (Lipinski definition) is 2. The van der Waals surface area contributed by atoms with Gasteiger partial charge >= 0.3 is 6.03 Å². The number of ether oxygens (including phenoxy) is 1. The van der Waals surface area contributed by atoms with Crippen LogP contribution >= 0.6 is 11.3 Å². The number of rotatable bonds is 6. The van der Waals surface area contributed by atoms with Crippen molar-refractivity contribution in [2.24, 2.45) is 0 Å². The standard InChI is InChI=1S/C20H21N3O3S/c1-2-9-26-14-7-5-13(6-8-14)18-17-16(21-20(25)22-18)12-23(19(17)24)11-15-4-3-10-27-15/h3-8,10,18H,2,9,11-12H2,1H3,(H2,21,22,25). The molecular weight excluding hydrogens is 362 g/mol. The number of thiophene rings is 1. The van der Waals surface area contributed by atoms with E-state index >= 15 is 0 Å².